The second kappa shape index (κ2) is 9.02. The fourth-order valence-electron chi connectivity index (χ4n) is 3.49. The molecule has 0 radical (unpaired) electrons. The molecule has 0 bridgehead atoms. The molecule has 0 aliphatic carbocycles. The maximum atomic E-state index is 9.98. The fraction of sp³-hybridized carbons (Fsp3) is 0.240. The minimum Gasteiger partial charge on any atom is -0.192 e. The molecule has 0 saturated heterocycles. The number of nitrogens with zero attached hydrogens (tertiary/aromatic N) is 1. The minimum absolute atomic E-state index is 0.828. The number of hydrogen-bond donors (Lipinski definition) is 0. The molecule has 1 heteroatoms. The average Bonchev–Trinajstić information content (AvgIpc) is 2.72. The van der Waals surface area contributed by atoms with E-state index in [-0.39, 0.29) is 0 Å². The highest BCUT2D eigenvalue weighted by molar-refractivity contribution is 5.88. The first-order valence-electron chi connectivity index (χ1n) is 9.52. The van der Waals surface area contributed by atoms with Crippen molar-refractivity contribution in [2.45, 2.75) is 39.0 Å². The van der Waals surface area contributed by atoms with Crippen LogP contribution in [0.3, 0.4) is 0 Å². The molecule has 26 heavy (non-hydrogen) atoms. The van der Waals surface area contributed by atoms with Crippen molar-refractivity contribution in [1.82, 2.24) is 0 Å². The van der Waals surface area contributed by atoms with E-state index in [1.165, 1.54) is 24.8 Å². The van der Waals surface area contributed by atoms with Crippen LogP contribution in [0.15, 0.2) is 72.8 Å². The molecule has 0 aliphatic heterocycles. The van der Waals surface area contributed by atoms with Gasteiger partial charge in [0.15, 0.2) is 0 Å². The third-order valence-electron chi connectivity index (χ3n) is 4.85. The molecule has 3 aromatic rings. The number of benzene rings is 3. The zero-order valence-electron chi connectivity index (χ0n) is 15.4. The minimum atomic E-state index is 0.828. The molecule has 3 aromatic carbocycles. The van der Waals surface area contributed by atoms with Crippen LogP contribution in [0.4, 0.5) is 0 Å². The molecular formula is C25H25N. The molecule has 3 rings (SSSR count). The lowest BCUT2D eigenvalue weighted by Gasteiger charge is -2.16. The Labute approximate surface area is 156 Å². The number of rotatable bonds is 7. The van der Waals surface area contributed by atoms with Crippen molar-refractivity contribution in [2.75, 3.05) is 0 Å². The van der Waals surface area contributed by atoms with Crippen molar-refractivity contribution in [2.24, 2.45) is 0 Å². The van der Waals surface area contributed by atoms with Gasteiger partial charge in [0.05, 0.1) is 5.56 Å². The van der Waals surface area contributed by atoms with Crippen LogP contribution in [-0.4, -0.2) is 0 Å². The summed E-state index contributed by atoms with van der Waals surface area (Å²) in [6.45, 7) is 2.23. The van der Waals surface area contributed by atoms with Gasteiger partial charge < -0.3 is 0 Å². The Hall–Kier alpha value is -2.85. The zero-order chi connectivity index (χ0) is 18.2. The van der Waals surface area contributed by atoms with Crippen LogP contribution in [0.25, 0.3) is 22.3 Å². The van der Waals surface area contributed by atoms with Crippen molar-refractivity contribution in [3.8, 4) is 28.3 Å². The predicted molar refractivity (Wildman–Crippen MR) is 110 cm³/mol. The van der Waals surface area contributed by atoms with E-state index in [0.717, 1.165) is 40.7 Å². The number of nitriles is 1. The summed E-state index contributed by atoms with van der Waals surface area (Å²) in [4.78, 5) is 0. The van der Waals surface area contributed by atoms with Crippen molar-refractivity contribution in [3.63, 3.8) is 0 Å². The van der Waals surface area contributed by atoms with Gasteiger partial charge in [-0.2, -0.15) is 5.26 Å². The molecule has 0 atom stereocenters. The van der Waals surface area contributed by atoms with E-state index in [0.29, 0.717) is 0 Å². The molecule has 0 amide bonds. The average molecular weight is 339 g/mol. The summed E-state index contributed by atoms with van der Waals surface area (Å²) >= 11 is 0. The van der Waals surface area contributed by atoms with Gasteiger partial charge in [-0.1, -0.05) is 99.0 Å². The number of aryl methyl sites for hydroxylation is 1. The van der Waals surface area contributed by atoms with Crippen LogP contribution in [0.1, 0.15) is 43.7 Å². The van der Waals surface area contributed by atoms with Crippen LogP contribution in [0, 0.1) is 11.3 Å². The molecular weight excluding hydrogens is 314 g/mol. The van der Waals surface area contributed by atoms with Gasteiger partial charge >= 0.3 is 0 Å². The fourth-order valence-corrected chi connectivity index (χ4v) is 3.49. The first kappa shape index (κ1) is 18.0. The Kier molecular flexibility index (Phi) is 6.23. The van der Waals surface area contributed by atoms with Gasteiger partial charge in [-0.15, -0.1) is 0 Å². The van der Waals surface area contributed by atoms with E-state index < -0.39 is 0 Å². The molecule has 0 N–H and O–H groups in total. The predicted octanol–water partition coefficient (Wildman–Crippen LogP) is 7.02. The van der Waals surface area contributed by atoms with Gasteiger partial charge in [-0.3, -0.25) is 0 Å². The lowest BCUT2D eigenvalue weighted by atomic mass is 9.87. The van der Waals surface area contributed by atoms with E-state index >= 15 is 0 Å². The Morgan fingerprint density at radius 1 is 0.731 bits per heavy atom. The van der Waals surface area contributed by atoms with Crippen molar-refractivity contribution >= 4 is 0 Å². The van der Waals surface area contributed by atoms with Crippen LogP contribution < -0.4 is 0 Å². The smallest absolute Gasteiger partial charge is 0.100 e. The Bertz CT molecular complexity index is 873. The molecule has 0 fully saturated rings. The van der Waals surface area contributed by atoms with Crippen molar-refractivity contribution in [1.29, 1.82) is 5.26 Å². The first-order valence-corrected chi connectivity index (χ1v) is 9.52. The topological polar surface area (TPSA) is 23.8 Å². The molecule has 0 heterocycles. The first-order chi connectivity index (χ1) is 12.8. The maximum absolute atomic E-state index is 9.98. The highest BCUT2D eigenvalue weighted by atomic mass is 14.3. The largest absolute Gasteiger partial charge is 0.192 e. The molecule has 1 nitrogen and oxygen atoms in total. The molecule has 0 unspecified atom stereocenters. The molecule has 0 spiro atoms. The van der Waals surface area contributed by atoms with Gasteiger partial charge in [0.2, 0.25) is 0 Å². The van der Waals surface area contributed by atoms with Gasteiger partial charge in [0.25, 0.3) is 0 Å². The standard InChI is InChI=1S/C25H25N/c1-2-3-4-7-14-21-17-18-23(20-12-8-5-9-13-20)25(24(21)19-26)22-15-10-6-11-16-22/h5-6,8-13,15-18H,2-4,7,14H2,1H3. The zero-order valence-corrected chi connectivity index (χ0v) is 15.4. The Morgan fingerprint density at radius 3 is 2.00 bits per heavy atom. The van der Waals surface area contributed by atoms with Gasteiger partial charge in [0, 0.05) is 5.56 Å². The molecule has 0 aromatic heterocycles. The second-order valence-electron chi connectivity index (χ2n) is 6.68. The SMILES string of the molecule is CCCCCCc1ccc(-c2ccccc2)c(-c2ccccc2)c1C#N. The summed E-state index contributed by atoms with van der Waals surface area (Å²) in [7, 11) is 0. The van der Waals surface area contributed by atoms with Crippen molar-refractivity contribution < 1.29 is 0 Å². The van der Waals surface area contributed by atoms with Gasteiger partial charge in [0.1, 0.15) is 6.07 Å². The van der Waals surface area contributed by atoms with Crippen LogP contribution in [0.2, 0.25) is 0 Å². The normalized spacial score (nSPS) is 10.5. The highest BCUT2D eigenvalue weighted by Crippen LogP contribution is 2.36. The summed E-state index contributed by atoms with van der Waals surface area (Å²) in [6, 6.07) is 27.5. The lowest BCUT2D eigenvalue weighted by molar-refractivity contribution is 0.666. The molecule has 0 saturated carbocycles. The molecule has 0 aliphatic rings. The van der Waals surface area contributed by atoms with Crippen molar-refractivity contribution in [3.05, 3.63) is 83.9 Å². The third-order valence-corrected chi connectivity index (χ3v) is 4.85. The molecule has 130 valence electrons. The highest BCUT2D eigenvalue weighted by Gasteiger charge is 2.16. The van der Waals surface area contributed by atoms with Gasteiger partial charge in [-0.05, 0) is 35.1 Å². The van der Waals surface area contributed by atoms with E-state index in [4.69, 9.17) is 0 Å². The Balaban J connectivity index is 2.10. The monoisotopic (exact) mass is 339 g/mol. The van der Waals surface area contributed by atoms with Gasteiger partial charge in [-0.25, -0.2) is 0 Å². The van der Waals surface area contributed by atoms with Crippen LogP contribution in [-0.2, 0) is 6.42 Å². The van der Waals surface area contributed by atoms with Crippen LogP contribution >= 0.6 is 0 Å². The second-order valence-corrected chi connectivity index (χ2v) is 6.68. The number of hydrogen-bond acceptors (Lipinski definition) is 1. The van der Waals surface area contributed by atoms with E-state index in [9.17, 15) is 5.26 Å². The third kappa shape index (κ3) is 4.03. The summed E-state index contributed by atoms with van der Waals surface area (Å²) in [6.07, 6.45) is 5.82. The summed E-state index contributed by atoms with van der Waals surface area (Å²) in [5.74, 6) is 0. The lowest BCUT2D eigenvalue weighted by Crippen LogP contribution is -1.97. The summed E-state index contributed by atoms with van der Waals surface area (Å²) in [5, 5.41) is 9.98. The van der Waals surface area contributed by atoms with Crippen LogP contribution in [0.5, 0.6) is 0 Å². The number of unbranched alkanes of at least 4 members (excludes halogenated alkanes) is 3. The van der Waals surface area contributed by atoms with E-state index in [2.05, 4.69) is 61.5 Å². The summed E-state index contributed by atoms with van der Waals surface area (Å²) < 4.78 is 0. The Morgan fingerprint density at radius 2 is 1.38 bits per heavy atom. The summed E-state index contributed by atoms with van der Waals surface area (Å²) in [5.41, 5.74) is 6.45. The van der Waals surface area contributed by atoms with E-state index in [1.807, 2.05) is 24.3 Å². The maximum Gasteiger partial charge on any atom is 0.100 e. The van der Waals surface area contributed by atoms with E-state index in [1.54, 1.807) is 0 Å². The quantitative estimate of drug-likeness (QED) is 0.424.